The second-order valence-electron chi connectivity index (χ2n) is 8.09. The summed E-state index contributed by atoms with van der Waals surface area (Å²) in [7, 11) is 0. The monoisotopic (exact) mass is 483 g/mol. The lowest BCUT2D eigenvalue weighted by Crippen LogP contribution is -3.14. The van der Waals surface area contributed by atoms with Gasteiger partial charge in [-0.05, 0) is 23.8 Å². The van der Waals surface area contributed by atoms with Gasteiger partial charge in [0, 0.05) is 17.4 Å². The number of quaternary nitrogens is 1. The Hall–Kier alpha value is -2.48. The summed E-state index contributed by atoms with van der Waals surface area (Å²) in [6.07, 6.45) is 0.859. The number of carbonyl (C=O) groups is 1. The molecule has 2 aromatic carbocycles. The Morgan fingerprint density at radius 2 is 1.84 bits per heavy atom. The normalized spacial score (nSPS) is 19.2. The Balaban J connectivity index is 1.52. The van der Waals surface area contributed by atoms with Gasteiger partial charge in [-0.1, -0.05) is 46.3 Å². The lowest BCUT2D eigenvalue weighted by Gasteiger charge is -2.27. The van der Waals surface area contributed by atoms with Crippen LogP contribution in [0.4, 0.5) is 0 Å². The van der Waals surface area contributed by atoms with Gasteiger partial charge in [0.15, 0.2) is 5.43 Å². The smallest absolute Gasteiger partial charge is 0.290 e. The Morgan fingerprint density at radius 1 is 1.06 bits per heavy atom. The van der Waals surface area contributed by atoms with E-state index >= 15 is 0 Å². The molecule has 3 heterocycles. The van der Waals surface area contributed by atoms with Crippen LogP contribution in [0.25, 0.3) is 11.0 Å². The minimum absolute atomic E-state index is 0.138. The maximum absolute atomic E-state index is 13.5. The first kappa shape index (κ1) is 20.4. The van der Waals surface area contributed by atoms with E-state index in [-0.39, 0.29) is 17.1 Å². The molecule has 0 spiro atoms. The van der Waals surface area contributed by atoms with E-state index in [9.17, 15) is 9.59 Å². The van der Waals surface area contributed by atoms with E-state index < -0.39 is 6.04 Å². The Bertz CT molecular complexity index is 1170. The Kier molecular flexibility index (Phi) is 5.65. The van der Waals surface area contributed by atoms with Crippen LogP contribution in [0.3, 0.4) is 0 Å². The number of amides is 1. The second kappa shape index (κ2) is 8.57. The first-order chi connectivity index (χ1) is 15.1. The van der Waals surface area contributed by atoms with Crippen LogP contribution >= 0.6 is 15.9 Å². The molecule has 1 saturated heterocycles. The quantitative estimate of drug-likeness (QED) is 0.605. The number of hydrogen-bond donors (Lipinski definition) is 1. The zero-order valence-corrected chi connectivity index (χ0v) is 18.7. The molecule has 5 rings (SSSR count). The lowest BCUT2D eigenvalue weighted by molar-refractivity contribution is -0.908. The summed E-state index contributed by atoms with van der Waals surface area (Å²) in [4.78, 5) is 30.2. The van der Waals surface area contributed by atoms with Crippen LogP contribution in [0.15, 0.2) is 62.2 Å². The van der Waals surface area contributed by atoms with Crippen LogP contribution in [0, 0.1) is 0 Å². The predicted octanol–water partition coefficient (Wildman–Crippen LogP) is 2.41. The molecular formula is C24H24BrN2O4+. The maximum Gasteiger partial charge on any atom is 0.290 e. The molecule has 0 aliphatic carbocycles. The number of benzene rings is 2. The van der Waals surface area contributed by atoms with E-state index in [2.05, 4.69) is 15.9 Å². The topological polar surface area (TPSA) is 64.2 Å². The lowest BCUT2D eigenvalue weighted by atomic mass is 9.98. The molecule has 0 bridgehead atoms. The number of fused-ring (bicyclic) bond motifs is 2. The molecule has 1 aromatic heterocycles. The summed E-state index contributed by atoms with van der Waals surface area (Å²) in [5.74, 6) is -0.0323. The molecule has 31 heavy (non-hydrogen) atoms. The van der Waals surface area contributed by atoms with Gasteiger partial charge in [-0.25, -0.2) is 0 Å². The van der Waals surface area contributed by atoms with Crippen molar-refractivity contribution < 1.29 is 18.8 Å². The zero-order valence-electron chi connectivity index (χ0n) is 17.1. The van der Waals surface area contributed by atoms with Gasteiger partial charge in [-0.2, -0.15) is 0 Å². The van der Waals surface area contributed by atoms with Gasteiger partial charge in [0.25, 0.3) is 5.91 Å². The molecule has 0 unspecified atom stereocenters. The van der Waals surface area contributed by atoms with Crippen LogP contribution in [0.2, 0.25) is 0 Å². The molecule has 1 amide bonds. The van der Waals surface area contributed by atoms with Gasteiger partial charge in [-0.3, -0.25) is 9.59 Å². The average molecular weight is 484 g/mol. The van der Waals surface area contributed by atoms with Crippen molar-refractivity contribution in [3.63, 3.8) is 0 Å². The van der Waals surface area contributed by atoms with Gasteiger partial charge in [0.2, 0.25) is 5.76 Å². The molecule has 0 radical (unpaired) electrons. The van der Waals surface area contributed by atoms with Crippen molar-refractivity contribution in [1.29, 1.82) is 0 Å². The Labute approximate surface area is 188 Å². The number of carbonyl (C=O) groups excluding carboxylic acids is 1. The van der Waals surface area contributed by atoms with E-state index in [1.54, 1.807) is 17.0 Å². The highest BCUT2D eigenvalue weighted by atomic mass is 79.9. The third kappa shape index (κ3) is 3.82. The third-order valence-corrected chi connectivity index (χ3v) is 6.67. The van der Waals surface area contributed by atoms with Crippen LogP contribution in [0.1, 0.15) is 34.1 Å². The number of halogens is 1. The van der Waals surface area contributed by atoms with Crippen molar-refractivity contribution >= 4 is 32.8 Å². The third-order valence-electron chi connectivity index (χ3n) is 6.17. The van der Waals surface area contributed by atoms with Crippen LogP contribution in [0.5, 0.6) is 0 Å². The number of morpholine rings is 1. The summed E-state index contributed by atoms with van der Waals surface area (Å²) in [6.45, 7) is 5.12. The first-order valence-electron chi connectivity index (χ1n) is 10.7. The molecule has 7 heteroatoms. The summed E-state index contributed by atoms with van der Waals surface area (Å²) in [5, 5.41) is 0.487. The highest BCUT2D eigenvalue weighted by molar-refractivity contribution is 9.10. The number of rotatable bonds is 5. The number of nitrogens with zero attached hydrogens (tertiary/aromatic N) is 1. The van der Waals surface area contributed by atoms with Crippen molar-refractivity contribution in [2.75, 3.05) is 39.4 Å². The van der Waals surface area contributed by atoms with E-state index in [1.807, 2.05) is 36.4 Å². The summed E-state index contributed by atoms with van der Waals surface area (Å²) in [6, 6.07) is 14.6. The number of nitrogens with one attached hydrogen (secondary N) is 1. The zero-order chi connectivity index (χ0) is 21.4. The summed E-state index contributed by atoms with van der Waals surface area (Å²) >= 11 is 3.43. The first-order valence-corrected chi connectivity index (χ1v) is 11.5. The van der Waals surface area contributed by atoms with E-state index in [4.69, 9.17) is 9.15 Å². The predicted molar refractivity (Wildman–Crippen MR) is 121 cm³/mol. The van der Waals surface area contributed by atoms with Crippen molar-refractivity contribution in [3.05, 3.63) is 80.1 Å². The number of hydrogen-bond acceptors (Lipinski definition) is 4. The molecular weight excluding hydrogens is 460 g/mol. The van der Waals surface area contributed by atoms with Crippen LogP contribution in [-0.2, 0) is 4.74 Å². The molecule has 2 aliphatic rings. The molecule has 1 atom stereocenters. The van der Waals surface area contributed by atoms with Crippen molar-refractivity contribution in [3.8, 4) is 0 Å². The van der Waals surface area contributed by atoms with E-state index in [1.165, 1.54) is 4.90 Å². The fourth-order valence-electron chi connectivity index (χ4n) is 4.61. The molecule has 1 N–H and O–H groups in total. The SMILES string of the molecule is O=C1c2oc3ccc(Br)cc3c(=O)c2[C@@H](c2ccccc2)N1CCC[NH+]1CCOCC1. The molecule has 160 valence electrons. The molecule has 6 nitrogen and oxygen atoms in total. The van der Waals surface area contributed by atoms with Crippen molar-refractivity contribution in [2.45, 2.75) is 12.5 Å². The largest absolute Gasteiger partial charge is 0.450 e. The van der Waals surface area contributed by atoms with Gasteiger partial charge in [-0.15, -0.1) is 0 Å². The summed E-state index contributed by atoms with van der Waals surface area (Å²) < 4.78 is 12.2. The van der Waals surface area contributed by atoms with Gasteiger partial charge >= 0.3 is 0 Å². The molecule has 1 fully saturated rings. The van der Waals surface area contributed by atoms with Crippen LogP contribution in [-0.4, -0.2) is 50.2 Å². The second-order valence-corrected chi connectivity index (χ2v) is 9.01. The standard InChI is InChI=1S/C24H23BrN2O4/c25-17-7-8-19-18(15-17)22(28)20-21(16-5-2-1-3-6-16)27(24(29)23(20)31-19)10-4-9-26-11-13-30-14-12-26/h1-3,5-8,15,21H,4,9-14H2/p+1/t21-/m1/s1. The minimum atomic E-state index is -0.428. The van der Waals surface area contributed by atoms with Gasteiger partial charge in [0.05, 0.1) is 36.8 Å². The van der Waals surface area contributed by atoms with E-state index in [0.717, 1.165) is 49.3 Å². The van der Waals surface area contributed by atoms with Gasteiger partial charge < -0.3 is 19.0 Å². The highest BCUT2D eigenvalue weighted by Crippen LogP contribution is 2.38. The van der Waals surface area contributed by atoms with Gasteiger partial charge in [0.1, 0.15) is 18.7 Å². The average Bonchev–Trinajstić information content (AvgIpc) is 3.08. The van der Waals surface area contributed by atoms with Crippen LogP contribution < -0.4 is 10.3 Å². The Morgan fingerprint density at radius 3 is 2.61 bits per heavy atom. The molecule has 0 saturated carbocycles. The fourth-order valence-corrected chi connectivity index (χ4v) is 4.98. The minimum Gasteiger partial charge on any atom is -0.450 e. The van der Waals surface area contributed by atoms with E-state index in [0.29, 0.717) is 23.1 Å². The number of ether oxygens (including phenoxy) is 1. The maximum atomic E-state index is 13.5. The summed E-state index contributed by atoms with van der Waals surface area (Å²) in [5.41, 5.74) is 1.67. The van der Waals surface area contributed by atoms with Crippen molar-refractivity contribution in [2.24, 2.45) is 0 Å². The van der Waals surface area contributed by atoms with Crippen molar-refractivity contribution in [1.82, 2.24) is 4.90 Å². The fraction of sp³-hybridized carbons (Fsp3) is 0.333. The molecule has 3 aromatic rings. The highest BCUT2D eigenvalue weighted by Gasteiger charge is 2.42. The molecule has 2 aliphatic heterocycles.